The van der Waals surface area contributed by atoms with Gasteiger partial charge in [-0.15, -0.1) is 0 Å². The Balaban J connectivity index is 1.53. The van der Waals surface area contributed by atoms with E-state index in [4.69, 9.17) is 16.3 Å². The first-order valence-electron chi connectivity index (χ1n) is 9.47. The summed E-state index contributed by atoms with van der Waals surface area (Å²) in [5.41, 5.74) is 0.455. The van der Waals surface area contributed by atoms with Crippen molar-refractivity contribution in [3.05, 3.63) is 88.1 Å². The summed E-state index contributed by atoms with van der Waals surface area (Å²) in [5, 5.41) is 16.4. The van der Waals surface area contributed by atoms with Crippen molar-refractivity contribution in [2.75, 3.05) is 17.2 Å². The third-order valence-corrected chi connectivity index (χ3v) is 5.23. The Labute approximate surface area is 181 Å². The van der Waals surface area contributed by atoms with E-state index in [1.54, 1.807) is 30.3 Å². The summed E-state index contributed by atoms with van der Waals surface area (Å²) in [6.45, 7) is 0.211. The number of aliphatic hydroxyl groups is 1. The van der Waals surface area contributed by atoms with E-state index in [-0.39, 0.29) is 18.8 Å². The van der Waals surface area contributed by atoms with Crippen LogP contribution in [0, 0.1) is 11.6 Å². The molecular formula is C22H18ClF2N3O3. The van der Waals surface area contributed by atoms with Crippen LogP contribution in [0.4, 0.5) is 25.1 Å². The largest absolute Gasteiger partial charge is 0.444 e. The van der Waals surface area contributed by atoms with E-state index in [1.807, 2.05) is 6.07 Å². The maximum Gasteiger partial charge on any atom is 0.412 e. The number of amides is 1. The van der Waals surface area contributed by atoms with Gasteiger partial charge in [0, 0.05) is 24.2 Å². The van der Waals surface area contributed by atoms with Gasteiger partial charge in [0.2, 0.25) is 0 Å². The van der Waals surface area contributed by atoms with Crippen LogP contribution < -0.4 is 10.6 Å². The summed E-state index contributed by atoms with van der Waals surface area (Å²) >= 11 is 5.98. The van der Waals surface area contributed by atoms with E-state index in [0.29, 0.717) is 16.4 Å². The van der Waals surface area contributed by atoms with Gasteiger partial charge in [0.15, 0.2) is 5.82 Å². The fourth-order valence-electron chi connectivity index (χ4n) is 3.49. The lowest BCUT2D eigenvalue weighted by molar-refractivity contribution is 0.142. The van der Waals surface area contributed by atoms with Crippen molar-refractivity contribution >= 4 is 29.2 Å². The van der Waals surface area contributed by atoms with Crippen molar-refractivity contribution in [1.82, 2.24) is 4.98 Å². The quantitative estimate of drug-likeness (QED) is 0.514. The van der Waals surface area contributed by atoms with Crippen LogP contribution in [0.3, 0.4) is 0 Å². The SMILES string of the molecule is O=C(Nc1ccc(F)c(C(O)C2CNc3ncc(Cl)cc32)c1F)OCc1ccccc1. The molecule has 0 spiro atoms. The number of aliphatic hydroxyl groups excluding tert-OH is 1. The van der Waals surface area contributed by atoms with Gasteiger partial charge in [-0.25, -0.2) is 18.6 Å². The van der Waals surface area contributed by atoms with E-state index >= 15 is 4.39 Å². The zero-order valence-corrected chi connectivity index (χ0v) is 16.9. The molecule has 2 atom stereocenters. The molecule has 0 aliphatic carbocycles. The molecule has 0 fully saturated rings. The third kappa shape index (κ3) is 4.45. The Morgan fingerprint density at radius 1 is 1.29 bits per heavy atom. The number of carbonyl (C=O) groups is 1. The van der Waals surface area contributed by atoms with Crippen LogP contribution in [0.15, 0.2) is 54.7 Å². The predicted octanol–water partition coefficient (Wildman–Crippen LogP) is 5.00. The molecule has 2 heterocycles. The van der Waals surface area contributed by atoms with Crippen LogP contribution >= 0.6 is 11.6 Å². The summed E-state index contributed by atoms with van der Waals surface area (Å²) in [5.74, 6) is -2.19. The molecule has 1 amide bonds. The first kappa shape index (κ1) is 21.0. The first-order chi connectivity index (χ1) is 14.9. The van der Waals surface area contributed by atoms with E-state index in [2.05, 4.69) is 15.6 Å². The molecule has 3 N–H and O–H groups in total. The number of nitrogens with one attached hydrogen (secondary N) is 2. The molecule has 2 unspecified atom stereocenters. The van der Waals surface area contributed by atoms with Crippen molar-refractivity contribution in [2.45, 2.75) is 18.6 Å². The zero-order chi connectivity index (χ0) is 22.0. The molecule has 0 saturated carbocycles. The van der Waals surface area contributed by atoms with E-state index < -0.39 is 35.3 Å². The van der Waals surface area contributed by atoms with Gasteiger partial charge in [-0.05, 0) is 23.8 Å². The number of pyridine rings is 1. The topological polar surface area (TPSA) is 83.5 Å². The van der Waals surface area contributed by atoms with Crippen LogP contribution in [0.1, 0.15) is 28.7 Å². The molecule has 1 aliphatic rings. The van der Waals surface area contributed by atoms with Gasteiger partial charge >= 0.3 is 6.09 Å². The lowest BCUT2D eigenvalue weighted by Gasteiger charge is -2.21. The Morgan fingerprint density at radius 2 is 2.06 bits per heavy atom. The van der Waals surface area contributed by atoms with Gasteiger partial charge in [-0.3, -0.25) is 5.32 Å². The summed E-state index contributed by atoms with van der Waals surface area (Å²) in [7, 11) is 0. The average Bonchev–Trinajstić information content (AvgIpc) is 3.18. The smallest absolute Gasteiger partial charge is 0.412 e. The minimum atomic E-state index is -1.53. The Kier molecular flexibility index (Phi) is 6.01. The van der Waals surface area contributed by atoms with Crippen LogP contribution in [0.2, 0.25) is 5.02 Å². The van der Waals surface area contributed by atoms with E-state index in [9.17, 15) is 14.3 Å². The molecule has 0 saturated heterocycles. The summed E-state index contributed by atoms with van der Waals surface area (Å²) in [6.07, 6.45) is -0.996. The molecule has 3 aromatic rings. The number of ether oxygens (including phenoxy) is 1. The van der Waals surface area contributed by atoms with Gasteiger partial charge in [0.25, 0.3) is 0 Å². The zero-order valence-electron chi connectivity index (χ0n) is 16.1. The number of aromatic nitrogens is 1. The molecule has 2 aromatic carbocycles. The van der Waals surface area contributed by atoms with Crippen molar-refractivity contribution in [1.29, 1.82) is 0 Å². The summed E-state index contributed by atoms with van der Waals surface area (Å²) < 4.78 is 34.6. The number of fused-ring (bicyclic) bond motifs is 1. The second-order valence-corrected chi connectivity index (χ2v) is 7.47. The van der Waals surface area contributed by atoms with Gasteiger partial charge < -0.3 is 15.2 Å². The molecule has 1 aromatic heterocycles. The second-order valence-electron chi connectivity index (χ2n) is 7.03. The van der Waals surface area contributed by atoms with Crippen molar-refractivity contribution < 1.29 is 23.4 Å². The predicted molar refractivity (Wildman–Crippen MR) is 112 cm³/mol. The van der Waals surface area contributed by atoms with Crippen LogP contribution in [-0.2, 0) is 11.3 Å². The molecule has 0 radical (unpaired) electrons. The Morgan fingerprint density at radius 3 is 2.84 bits per heavy atom. The lowest BCUT2D eigenvalue weighted by Crippen LogP contribution is -2.19. The number of benzene rings is 2. The standard InChI is InChI=1S/C22H18ClF2N3O3/c23-13-8-14-15(10-27-21(14)26-9-13)20(29)18-16(24)6-7-17(19(18)25)28-22(30)31-11-12-4-2-1-3-5-12/h1-9,15,20,29H,10-11H2,(H,26,27)(H,28,30). The highest BCUT2D eigenvalue weighted by Gasteiger charge is 2.34. The third-order valence-electron chi connectivity index (χ3n) is 5.03. The van der Waals surface area contributed by atoms with Gasteiger partial charge in [-0.2, -0.15) is 0 Å². The number of anilines is 2. The maximum absolute atomic E-state index is 15.1. The highest BCUT2D eigenvalue weighted by molar-refractivity contribution is 6.30. The number of halogens is 3. The highest BCUT2D eigenvalue weighted by Crippen LogP contribution is 2.41. The van der Waals surface area contributed by atoms with Crippen LogP contribution in [0.25, 0.3) is 0 Å². The minimum Gasteiger partial charge on any atom is -0.444 e. The van der Waals surface area contributed by atoms with E-state index in [0.717, 1.165) is 17.7 Å². The minimum absolute atomic E-state index is 0.0107. The van der Waals surface area contributed by atoms with Gasteiger partial charge in [0.1, 0.15) is 18.2 Å². The monoisotopic (exact) mass is 445 g/mol. The van der Waals surface area contributed by atoms with Gasteiger partial charge in [0.05, 0.1) is 22.4 Å². The number of rotatable bonds is 5. The second kappa shape index (κ2) is 8.87. The fraction of sp³-hybridized carbons (Fsp3) is 0.182. The summed E-state index contributed by atoms with van der Waals surface area (Å²) in [4.78, 5) is 16.2. The number of hydrogen-bond acceptors (Lipinski definition) is 5. The number of nitrogens with zero attached hydrogens (tertiary/aromatic N) is 1. The number of carbonyl (C=O) groups excluding carboxylic acids is 1. The van der Waals surface area contributed by atoms with Crippen molar-refractivity contribution in [3.63, 3.8) is 0 Å². The molecule has 1 aliphatic heterocycles. The number of hydrogen-bond donors (Lipinski definition) is 3. The molecule has 9 heteroatoms. The molecule has 31 heavy (non-hydrogen) atoms. The fourth-order valence-corrected chi connectivity index (χ4v) is 3.66. The van der Waals surface area contributed by atoms with Crippen molar-refractivity contribution in [2.24, 2.45) is 0 Å². The molecule has 4 rings (SSSR count). The first-order valence-corrected chi connectivity index (χ1v) is 9.85. The van der Waals surface area contributed by atoms with Gasteiger partial charge in [-0.1, -0.05) is 41.9 Å². The molecular weight excluding hydrogens is 428 g/mol. The maximum atomic E-state index is 15.1. The van der Waals surface area contributed by atoms with E-state index in [1.165, 1.54) is 6.20 Å². The lowest BCUT2D eigenvalue weighted by atomic mass is 9.90. The molecule has 0 bridgehead atoms. The van der Waals surface area contributed by atoms with Crippen LogP contribution in [0.5, 0.6) is 0 Å². The Hall–Kier alpha value is -3.23. The Bertz CT molecular complexity index is 1110. The average molecular weight is 446 g/mol. The van der Waals surface area contributed by atoms with Crippen molar-refractivity contribution in [3.8, 4) is 0 Å². The highest BCUT2D eigenvalue weighted by atomic mass is 35.5. The molecule has 160 valence electrons. The van der Waals surface area contributed by atoms with Crippen LogP contribution in [-0.4, -0.2) is 22.7 Å². The molecule has 6 nitrogen and oxygen atoms in total. The summed E-state index contributed by atoms with van der Waals surface area (Å²) in [6, 6.07) is 12.6. The normalized spacial score (nSPS) is 15.7.